The maximum Gasteiger partial charge on any atom is 0.251 e. The first-order valence-electron chi connectivity index (χ1n) is 8.01. The number of unbranched alkanes of at least 4 members (excludes halogenated alkanes) is 3. The highest BCUT2D eigenvalue weighted by Crippen LogP contribution is 2.05. The first-order chi connectivity index (χ1) is 10.7. The minimum atomic E-state index is -0.0736. The standard InChI is InChI=1S/C17H27N3O2.ClH/c1-2-19-17(22)15-10-8-14(9-11-15)13-20-16(21)7-5-3-4-6-12-18;/h8-11H,2-7,12-13,18H2,1H3,(H,19,22)(H,20,21);1H. The van der Waals surface area contributed by atoms with Crippen LogP contribution in [0.1, 0.15) is 54.9 Å². The third-order valence-electron chi connectivity index (χ3n) is 3.40. The average molecular weight is 342 g/mol. The fourth-order valence-corrected chi connectivity index (χ4v) is 2.11. The number of nitrogens with one attached hydrogen (secondary N) is 2. The van der Waals surface area contributed by atoms with Crippen LogP contribution in [0.25, 0.3) is 0 Å². The van der Waals surface area contributed by atoms with E-state index in [9.17, 15) is 9.59 Å². The van der Waals surface area contributed by atoms with Gasteiger partial charge in [-0.2, -0.15) is 0 Å². The van der Waals surface area contributed by atoms with Crippen molar-refractivity contribution >= 4 is 24.2 Å². The maximum atomic E-state index is 11.7. The Morgan fingerprint density at radius 3 is 2.26 bits per heavy atom. The van der Waals surface area contributed by atoms with Gasteiger partial charge in [0, 0.05) is 25.1 Å². The molecule has 6 heteroatoms. The number of benzene rings is 1. The molecular formula is C17H28ClN3O2. The van der Waals surface area contributed by atoms with Crippen molar-refractivity contribution in [3.63, 3.8) is 0 Å². The van der Waals surface area contributed by atoms with Crippen LogP contribution in [0, 0.1) is 0 Å². The van der Waals surface area contributed by atoms with Crippen molar-refractivity contribution in [2.75, 3.05) is 13.1 Å². The number of carbonyl (C=O) groups excluding carboxylic acids is 2. The second-order valence-corrected chi connectivity index (χ2v) is 5.29. The van der Waals surface area contributed by atoms with E-state index in [0.29, 0.717) is 25.1 Å². The van der Waals surface area contributed by atoms with Crippen LogP contribution in [0.4, 0.5) is 0 Å². The first-order valence-corrected chi connectivity index (χ1v) is 8.01. The summed E-state index contributed by atoms with van der Waals surface area (Å²) in [6.07, 6.45) is 4.63. The third kappa shape index (κ3) is 9.21. The Balaban J connectivity index is 0.00000484. The van der Waals surface area contributed by atoms with Crippen LogP contribution >= 0.6 is 12.4 Å². The predicted octanol–water partition coefficient (Wildman–Crippen LogP) is 2.38. The van der Waals surface area contributed by atoms with Gasteiger partial charge in [0.1, 0.15) is 0 Å². The van der Waals surface area contributed by atoms with Gasteiger partial charge in [0.05, 0.1) is 0 Å². The molecule has 1 rings (SSSR count). The molecule has 0 radical (unpaired) electrons. The number of carbonyl (C=O) groups is 2. The van der Waals surface area contributed by atoms with Crippen molar-refractivity contribution in [3.8, 4) is 0 Å². The lowest BCUT2D eigenvalue weighted by Crippen LogP contribution is -2.23. The van der Waals surface area contributed by atoms with E-state index in [1.807, 2.05) is 19.1 Å². The Morgan fingerprint density at radius 2 is 1.65 bits per heavy atom. The quantitative estimate of drug-likeness (QED) is 0.571. The minimum Gasteiger partial charge on any atom is -0.352 e. The van der Waals surface area contributed by atoms with Gasteiger partial charge in [0.15, 0.2) is 0 Å². The summed E-state index contributed by atoms with van der Waals surface area (Å²) >= 11 is 0. The van der Waals surface area contributed by atoms with Crippen molar-refractivity contribution in [2.45, 2.75) is 45.6 Å². The molecule has 2 amide bonds. The fraction of sp³-hybridized carbons (Fsp3) is 0.529. The SMILES string of the molecule is CCNC(=O)c1ccc(CNC(=O)CCCCCCN)cc1.Cl. The molecule has 0 bridgehead atoms. The molecule has 1 aromatic rings. The highest BCUT2D eigenvalue weighted by atomic mass is 35.5. The molecule has 23 heavy (non-hydrogen) atoms. The molecule has 0 spiro atoms. The average Bonchev–Trinajstić information content (AvgIpc) is 2.53. The zero-order chi connectivity index (χ0) is 16.2. The summed E-state index contributed by atoms with van der Waals surface area (Å²) in [7, 11) is 0. The monoisotopic (exact) mass is 341 g/mol. The number of nitrogens with two attached hydrogens (primary N) is 1. The Hall–Kier alpha value is -1.59. The Morgan fingerprint density at radius 1 is 1.00 bits per heavy atom. The zero-order valence-corrected chi connectivity index (χ0v) is 14.6. The molecule has 0 saturated carbocycles. The minimum absolute atomic E-state index is 0. The van der Waals surface area contributed by atoms with Crippen molar-refractivity contribution in [1.29, 1.82) is 0 Å². The summed E-state index contributed by atoms with van der Waals surface area (Å²) in [6, 6.07) is 7.29. The zero-order valence-electron chi connectivity index (χ0n) is 13.8. The Labute approximate surface area is 144 Å². The smallest absolute Gasteiger partial charge is 0.251 e. The van der Waals surface area contributed by atoms with Gasteiger partial charge in [-0.1, -0.05) is 25.0 Å². The maximum absolute atomic E-state index is 11.7. The summed E-state index contributed by atoms with van der Waals surface area (Å²) in [5.41, 5.74) is 7.05. The molecule has 0 atom stereocenters. The molecule has 0 aliphatic carbocycles. The molecule has 0 saturated heterocycles. The van der Waals surface area contributed by atoms with Crippen molar-refractivity contribution in [2.24, 2.45) is 5.73 Å². The summed E-state index contributed by atoms with van der Waals surface area (Å²) < 4.78 is 0. The number of amides is 2. The lowest BCUT2D eigenvalue weighted by Gasteiger charge is -2.07. The Bertz CT molecular complexity index is 463. The van der Waals surface area contributed by atoms with Crippen LogP contribution in [0.5, 0.6) is 0 Å². The number of hydrogen-bond acceptors (Lipinski definition) is 3. The van der Waals surface area contributed by atoms with Gasteiger partial charge >= 0.3 is 0 Å². The van der Waals surface area contributed by atoms with Gasteiger partial charge < -0.3 is 16.4 Å². The van der Waals surface area contributed by atoms with Crippen LogP contribution in [0.15, 0.2) is 24.3 Å². The second-order valence-electron chi connectivity index (χ2n) is 5.29. The van der Waals surface area contributed by atoms with Crippen LogP contribution in [0.2, 0.25) is 0 Å². The molecule has 0 aliphatic rings. The molecule has 5 nitrogen and oxygen atoms in total. The van der Waals surface area contributed by atoms with Gasteiger partial charge in [-0.15, -0.1) is 12.4 Å². The number of halogens is 1. The summed E-state index contributed by atoms with van der Waals surface area (Å²) in [4.78, 5) is 23.3. The van der Waals surface area contributed by atoms with Gasteiger partial charge in [0.25, 0.3) is 5.91 Å². The number of hydrogen-bond donors (Lipinski definition) is 3. The van der Waals surface area contributed by atoms with Gasteiger partial charge in [-0.25, -0.2) is 0 Å². The fourth-order valence-electron chi connectivity index (χ4n) is 2.11. The third-order valence-corrected chi connectivity index (χ3v) is 3.40. The van der Waals surface area contributed by atoms with Crippen LogP contribution < -0.4 is 16.4 Å². The highest BCUT2D eigenvalue weighted by Gasteiger charge is 2.04. The van der Waals surface area contributed by atoms with Crippen LogP contribution in [0.3, 0.4) is 0 Å². The predicted molar refractivity (Wildman–Crippen MR) is 95.7 cm³/mol. The summed E-state index contributed by atoms with van der Waals surface area (Å²) in [6.45, 7) is 3.72. The largest absolute Gasteiger partial charge is 0.352 e. The van der Waals surface area contributed by atoms with Crippen LogP contribution in [-0.4, -0.2) is 24.9 Å². The number of rotatable bonds is 10. The second kappa shape index (κ2) is 12.9. The van der Waals surface area contributed by atoms with Gasteiger partial charge in [0.2, 0.25) is 5.91 Å². The lowest BCUT2D eigenvalue weighted by atomic mass is 10.1. The molecule has 0 fully saturated rings. The van der Waals surface area contributed by atoms with E-state index < -0.39 is 0 Å². The normalized spacial score (nSPS) is 9.83. The highest BCUT2D eigenvalue weighted by molar-refractivity contribution is 5.94. The van der Waals surface area contributed by atoms with E-state index in [0.717, 1.165) is 37.8 Å². The van der Waals surface area contributed by atoms with E-state index >= 15 is 0 Å². The molecule has 4 N–H and O–H groups in total. The van der Waals surface area contributed by atoms with E-state index in [4.69, 9.17) is 5.73 Å². The molecule has 0 unspecified atom stereocenters. The molecule has 0 heterocycles. The molecule has 0 aliphatic heterocycles. The van der Waals surface area contributed by atoms with Crippen LogP contribution in [-0.2, 0) is 11.3 Å². The van der Waals surface area contributed by atoms with E-state index in [1.54, 1.807) is 12.1 Å². The molecule has 0 aromatic heterocycles. The lowest BCUT2D eigenvalue weighted by molar-refractivity contribution is -0.121. The summed E-state index contributed by atoms with van der Waals surface area (Å²) in [5.74, 6) is -0.00360. The Kier molecular flexibility index (Phi) is 12.0. The first kappa shape index (κ1) is 21.4. The van der Waals surface area contributed by atoms with Gasteiger partial charge in [-0.3, -0.25) is 9.59 Å². The summed E-state index contributed by atoms with van der Waals surface area (Å²) in [5, 5.41) is 5.65. The molecular weight excluding hydrogens is 314 g/mol. The molecule has 130 valence electrons. The van der Waals surface area contributed by atoms with E-state index in [1.165, 1.54) is 0 Å². The van der Waals surface area contributed by atoms with Crippen molar-refractivity contribution < 1.29 is 9.59 Å². The van der Waals surface area contributed by atoms with Crippen molar-refractivity contribution in [1.82, 2.24) is 10.6 Å². The topological polar surface area (TPSA) is 84.2 Å². The van der Waals surface area contributed by atoms with E-state index in [2.05, 4.69) is 10.6 Å². The molecule has 1 aromatic carbocycles. The van der Waals surface area contributed by atoms with Crippen molar-refractivity contribution in [3.05, 3.63) is 35.4 Å². The van der Waals surface area contributed by atoms with Gasteiger partial charge in [-0.05, 0) is 44.0 Å². The van der Waals surface area contributed by atoms with E-state index in [-0.39, 0.29) is 24.2 Å².